The van der Waals surface area contributed by atoms with E-state index in [0.29, 0.717) is 0 Å². The van der Waals surface area contributed by atoms with Crippen LogP contribution in [0.1, 0.15) is 0 Å². The van der Waals surface area contributed by atoms with Gasteiger partial charge in [-0.15, -0.1) is 0 Å². The quantitative estimate of drug-likeness (QED) is 0.0678. The van der Waals surface area contributed by atoms with E-state index < -0.39 is 197 Å². The number of aliphatic hydroxyl groups is 16. The highest BCUT2D eigenvalue weighted by atomic mass is 32.3. The second kappa shape index (κ2) is 20.8. The molecule has 5 aliphatic rings. The van der Waals surface area contributed by atoms with E-state index in [2.05, 4.69) is 4.18 Å². The molecule has 60 heavy (non-hydrogen) atoms. The highest BCUT2D eigenvalue weighted by molar-refractivity contribution is 7.80. The van der Waals surface area contributed by atoms with E-state index in [4.69, 9.17) is 47.2 Å². The molecule has 5 aliphatic heterocycles. The minimum absolute atomic E-state index is 0.893. The van der Waals surface area contributed by atoms with E-state index in [0.717, 1.165) is 0 Å². The van der Waals surface area contributed by atoms with Gasteiger partial charge >= 0.3 is 10.4 Å². The molecule has 5 heterocycles. The van der Waals surface area contributed by atoms with Crippen LogP contribution in [-0.4, -0.2) is 281 Å². The maximum absolute atomic E-state index is 11.4. The van der Waals surface area contributed by atoms with Crippen molar-refractivity contribution in [3.05, 3.63) is 0 Å². The highest BCUT2D eigenvalue weighted by Crippen LogP contribution is 2.36. The van der Waals surface area contributed by atoms with Crippen LogP contribution in [0.15, 0.2) is 0 Å². The fourth-order valence-corrected chi connectivity index (χ4v) is 7.76. The number of rotatable bonds is 15. The molecule has 352 valence electrons. The van der Waals surface area contributed by atoms with Crippen LogP contribution in [0.4, 0.5) is 0 Å². The summed E-state index contributed by atoms with van der Waals surface area (Å²) in [5, 5.41) is 168. The first kappa shape index (κ1) is 49.9. The lowest BCUT2D eigenvalue weighted by atomic mass is 9.95. The number of hydrogen-bond acceptors (Lipinski definition) is 28. The number of ether oxygens (including phenoxy) is 9. The molecule has 0 aliphatic carbocycles. The minimum Gasteiger partial charge on any atom is -0.394 e. The zero-order chi connectivity index (χ0) is 44.5. The maximum Gasteiger partial charge on any atom is 0.397 e. The Balaban J connectivity index is 1.35. The Labute approximate surface area is 338 Å². The highest BCUT2D eigenvalue weighted by Gasteiger charge is 2.57. The molecule has 0 aromatic rings. The summed E-state index contributed by atoms with van der Waals surface area (Å²) in [6, 6.07) is 0. The van der Waals surface area contributed by atoms with Gasteiger partial charge in [0, 0.05) is 0 Å². The van der Waals surface area contributed by atoms with Crippen LogP contribution >= 0.6 is 0 Å². The molecule has 5 saturated heterocycles. The van der Waals surface area contributed by atoms with Gasteiger partial charge in [0.2, 0.25) is 0 Å². The average Bonchev–Trinajstić information content (AvgIpc) is 3.20. The first-order valence-corrected chi connectivity index (χ1v) is 19.7. The molecule has 0 radical (unpaired) electrons. The van der Waals surface area contributed by atoms with Crippen LogP contribution in [0, 0.1) is 0 Å². The van der Waals surface area contributed by atoms with Crippen LogP contribution in [0.3, 0.4) is 0 Å². The van der Waals surface area contributed by atoms with Gasteiger partial charge in [-0.25, -0.2) is 4.18 Å². The summed E-state index contributed by atoms with van der Waals surface area (Å²) in [5.74, 6) is 0. The monoisotopic (exact) mass is 908 g/mol. The topological polar surface area (TPSA) is 470 Å². The summed E-state index contributed by atoms with van der Waals surface area (Å²) in [6.45, 7) is -5.00. The summed E-state index contributed by atoms with van der Waals surface area (Å²) >= 11 is 0. The molecule has 5 rings (SSSR count). The summed E-state index contributed by atoms with van der Waals surface area (Å²) in [6.07, 6.45) is -49.9. The summed E-state index contributed by atoms with van der Waals surface area (Å²) in [7, 11) is -5.36. The molecule has 0 amide bonds. The number of aliphatic hydroxyl groups excluding tert-OH is 16. The van der Waals surface area contributed by atoms with Gasteiger partial charge in [-0.1, -0.05) is 0 Å². The van der Waals surface area contributed by atoms with Crippen LogP contribution < -0.4 is 0 Å². The van der Waals surface area contributed by atoms with E-state index >= 15 is 0 Å². The molecule has 29 nitrogen and oxygen atoms in total. The Hall–Kier alpha value is -1.13. The Morgan fingerprint density at radius 2 is 0.633 bits per heavy atom. The molecule has 30 heteroatoms. The van der Waals surface area contributed by atoms with Gasteiger partial charge < -0.3 is 124 Å². The Morgan fingerprint density at radius 3 is 0.933 bits per heavy atom. The smallest absolute Gasteiger partial charge is 0.394 e. The first-order valence-electron chi connectivity index (χ1n) is 18.3. The van der Waals surface area contributed by atoms with Crippen molar-refractivity contribution in [1.82, 2.24) is 0 Å². The van der Waals surface area contributed by atoms with Crippen molar-refractivity contribution in [2.75, 3.05) is 33.0 Å². The van der Waals surface area contributed by atoms with E-state index in [1.54, 1.807) is 0 Å². The Morgan fingerprint density at radius 1 is 0.350 bits per heavy atom. The Kier molecular flexibility index (Phi) is 17.3. The second-order valence-corrected chi connectivity index (χ2v) is 15.5. The van der Waals surface area contributed by atoms with Gasteiger partial charge in [0.15, 0.2) is 31.5 Å². The van der Waals surface area contributed by atoms with Crippen molar-refractivity contribution in [2.45, 2.75) is 154 Å². The normalized spacial score (nSPS) is 50.7. The van der Waals surface area contributed by atoms with E-state index in [1.165, 1.54) is 0 Å². The lowest BCUT2D eigenvalue weighted by molar-refractivity contribution is -0.394. The lowest BCUT2D eigenvalue weighted by Gasteiger charge is -2.49. The van der Waals surface area contributed by atoms with Crippen molar-refractivity contribution in [1.29, 1.82) is 0 Å². The lowest BCUT2D eigenvalue weighted by Crippen LogP contribution is -2.68. The standard InChI is InChI=1S/C30H52O29S/c31-1-6-11(36)22(17(42)27(51-6)55-21-10(5-35)50-26(46)16(41)15(21)40)56-28-18(43)23(12(37)7(2-32)52-28)57-29-19(44)24(13(38)8(3-33)53-29)58-30-20(45)25(59-60(47,48)49)14(39)9(4-34)54-30/h6-46H,1-5H2,(H,47,48,49)/t6-,7-,8-,9-,10-,11+,12+,13+,14+,15-,16-,17-,18-,19-,20-,21-,22+,23+,24+,25+,26?,27+,28+,29+,30+/m1/s1. The van der Waals surface area contributed by atoms with E-state index in [1.807, 2.05) is 0 Å². The van der Waals surface area contributed by atoms with Crippen molar-refractivity contribution in [2.24, 2.45) is 0 Å². The predicted molar refractivity (Wildman–Crippen MR) is 177 cm³/mol. The zero-order valence-electron chi connectivity index (χ0n) is 30.9. The summed E-state index contributed by atoms with van der Waals surface area (Å²) in [4.78, 5) is 0. The molecule has 0 aromatic carbocycles. The van der Waals surface area contributed by atoms with Crippen LogP contribution in [-0.2, 0) is 57.2 Å². The molecule has 0 bridgehead atoms. The maximum atomic E-state index is 11.4. The van der Waals surface area contributed by atoms with Crippen LogP contribution in [0.25, 0.3) is 0 Å². The van der Waals surface area contributed by atoms with Crippen molar-refractivity contribution < 1.29 is 141 Å². The molecule has 0 aromatic heterocycles. The fourth-order valence-electron chi connectivity index (χ4n) is 7.25. The van der Waals surface area contributed by atoms with Crippen molar-refractivity contribution in [3.8, 4) is 0 Å². The molecule has 1 unspecified atom stereocenters. The predicted octanol–water partition coefficient (Wildman–Crippen LogP) is -12.1. The van der Waals surface area contributed by atoms with Gasteiger partial charge in [0.25, 0.3) is 0 Å². The SMILES string of the molecule is O=S(=O)(O)O[C@H]1[C@@H](O)[C@@H](CO)O[C@@H](O[C@H]2[C@@H](O)[C@@H](CO)O[C@@H](O[C@H]3[C@@H](O)[C@@H](CO)O[C@@H](O[C@H]4[C@@H](O)[C@@H](CO)O[C@@H](O[C@H]5[C@H](O)[C@@H](O)C(O)O[C@@H]5CO)[C@@H]4O)[C@@H]3O)[C@@H]2O)[C@@H]1O. The molecule has 0 saturated carbocycles. The van der Waals surface area contributed by atoms with Gasteiger partial charge in [0.1, 0.15) is 122 Å². The molecule has 0 spiro atoms. The second-order valence-electron chi connectivity index (χ2n) is 14.4. The van der Waals surface area contributed by atoms with Gasteiger partial charge in [-0.3, -0.25) is 4.55 Å². The Bertz CT molecular complexity index is 1450. The summed E-state index contributed by atoms with van der Waals surface area (Å²) in [5.41, 5.74) is 0. The molecule has 17 N–H and O–H groups in total. The summed E-state index contributed by atoms with van der Waals surface area (Å²) < 4.78 is 85.3. The van der Waals surface area contributed by atoms with Gasteiger partial charge in [-0.2, -0.15) is 8.42 Å². The van der Waals surface area contributed by atoms with E-state index in [9.17, 15) is 90.1 Å². The molecular weight excluding hydrogens is 856 g/mol. The third-order valence-electron chi connectivity index (χ3n) is 10.5. The molecular formula is C30H52O29S. The molecule has 25 atom stereocenters. The van der Waals surface area contributed by atoms with Crippen LogP contribution in [0.5, 0.6) is 0 Å². The van der Waals surface area contributed by atoms with Crippen LogP contribution in [0.2, 0.25) is 0 Å². The minimum atomic E-state index is -5.36. The van der Waals surface area contributed by atoms with Gasteiger partial charge in [0.05, 0.1) is 33.0 Å². The van der Waals surface area contributed by atoms with Crippen molar-refractivity contribution in [3.63, 3.8) is 0 Å². The third kappa shape index (κ3) is 10.5. The van der Waals surface area contributed by atoms with Crippen molar-refractivity contribution >= 4 is 10.4 Å². The fraction of sp³-hybridized carbons (Fsp3) is 1.00. The first-order chi connectivity index (χ1) is 28.2. The number of hydrogen-bond donors (Lipinski definition) is 17. The van der Waals surface area contributed by atoms with Gasteiger partial charge in [-0.05, 0) is 0 Å². The van der Waals surface area contributed by atoms with E-state index in [-0.39, 0.29) is 0 Å². The third-order valence-corrected chi connectivity index (χ3v) is 11.0. The average molecular weight is 909 g/mol. The largest absolute Gasteiger partial charge is 0.397 e. The molecule has 5 fully saturated rings. The zero-order valence-corrected chi connectivity index (χ0v) is 31.7.